The molecule has 2 aromatic heterocycles. The van der Waals surface area contributed by atoms with Gasteiger partial charge in [-0.05, 0) is 115 Å². The number of fused-ring (bicyclic) bond motifs is 2. The zero-order chi connectivity index (χ0) is 57.6. The second-order valence-corrected chi connectivity index (χ2v) is 18.4. The number of anilines is 4. The molecular formula is C66H60F2IN4NaO8. The second kappa shape index (κ2) is 29.1. The molecule has 0 aliphatic rings. The van der Waals surface area contributed by atoms with E-state index in [4.69, 9.17) is 18.3 Å². The number of hydrogen-bond acceptors (Lipinski definition) is 10. The van der Waals surface area contributed by atoms with Crippen LogP contribution < -0.4 is 49.6 Å². The zero-order valence-electron chi connectivity index (χ0n) is 47.5. The molecule has 0 spiro atoms. The number of esters is 2. The van der Waals surface area contributed by atoms with Crippen LogP contribution in [-0.2, 0) is 19.1 Å². The molecule has 2 heterocycles. The number of hydrogen-bond donors (Lipinski definition) is 1. The topological polar surface area (TPSA) is 135 Å². The number of benzene rings is 8. The van der Waals surface area contributed by atoms with E-state index in [0.29, 0.717) is 44.4 Å². The van der Waals surface area contributed by atoms with Crippen molar-refractivity contribution in [1.82, 2.24) is 0 Å². The van der Waals surface area contributed by atoms with Crippen LogP contribution in [0.4, 0.5) is 31.5 Å². The van der Waals surface area contributed by atoms with Gasteiger partial charge >= 0.3 is 41.5 Å². The van der Waals surface area contributed by atoms with E-state index in [9.17, 15) is 28.0 Å². The third kappa shape index (κ3) is 14.5. The Bertz CT molecular complexity index is 3780. The van der Waals surface area contributed by atoms with Crippen LogP contribution in [0.25, 0.3) is 66.8 Å². The van der Waals surface area contributed by atoms with E-state index in [1.54, 1.807) is 62.2 Å². The van der Waals surface area contributed by atoms with Crippen LogP contribution in [0.2, 0.25) is 0 Å². The van der Waals surface area contributed by atoms with Gasteiger partial charge in [-0.1, -0.05) is 120 Å². The van der Waals surface area contributed by atoms with E-state index in [-0.39, 0.29) is 91.7 Å². The number of furan rings is 2. The summed E-state index contributed by atoms with van der Waals surface area (Å²) in [4.78, 5) is 60.3. The summed E-state index contributed by atoms with van der Waals surface area (Å²) in [6, 6.07) is 57.2. The van der Waals surface area contributed by atoms with Crippen molar-refractivity contribution in [2.24, 2.45) is 0 Å². The summed E-state index contributed by atoms with van der Waals surface area (Å²) in [5, 5.41) is 4.10. The average molecular weight is 1230 g/mol. The first-order valence-electron chi connectivity index (χ1n) is 26.0. The molecule has 0 saturated heterocycles. The van der Waals surface area contributed by atoms with Gasteiger partial charge in [-0.2, -0.15) is 0 Å². The van der Waals surface area contributed by atoms with Crippen LogP contribution in [0.5, 0.6) is 0 Å². The largest absolute Gasteiger partial charge is 1.00 e. The number of ether oxygens (including phenoxy) is 2. The summed E-state index contributed by atoms with van der Waals surface area (Å²) in [7, 11) is 5.45. The Labute approximate surface area is 512 Å². The molecule has 12 nitrogen and oxygen atoms in total. The van der Waals surface area contributed by atoms with Crippen molar-refractivity contribution >= 4 is 91.0 Å². The quantitative estimate of drug-likeness (QED) is 0.0431. The first-order chi connectivity index (χ1) is 39.3. The van der Waals surface area contributed by atoms with Gasteiger partial charge in [-0.25, -0.2) is 18.4 Å². The maximum atomic E-state index is 13.7. The van der Waals surface area contributed by atoms with Crippen LogP contribution in [0, 0.1) is 11.6 Å². The molecule has 0 saturated carbocycles. The van der Waals surface area contributed by atoms with Gasteiger partial charge in [0.15, 0.2) is 0 Å². The normalized spacial score (nSPS) is 10.5. The summed E-state index contributed by atoms with van der Waals surface area (Å²) < 4.78 is 50.5. The third-order valence-electron chi connectivity index (χ3n) is 13.1. The van der Waals surface area contributed by atoms with E-state index in [0.717, 1.165) is 33.6 Å². The summed E-state index contributed by atoms with van der Waals surface area (Å²) in [5.74, 6) is -1.67. The molecule has 0 aliphatic carbocycles. The van der Waals surface area contributed by atoms with E-state index >= 15 is 0 Å². The molecular weight excluding hydrogens is 1160 g/mol. The fraction of sp³-hybridized carbons (Fsp3) is 0.152. The van der Waals surface area contributed by atoms with E-state index in [1.165, 1.54) is 24.3 Å². The van der Waals surface area contributed by atoms with Crippen LogP contribution in [0.3, 0.4) is 0 Å². The molecule has 0 radical (unpaired) electrons. The second-order valence-electron chi connectivity index (χ2n) is 18.4. The van der Waals surface area contributed by atoms with Crippen LogP contribution in [0.1, 0.15) is 36.0 Å². The minimum Gasteiger partial charge on any atom is -1.00 e. The van der Waals surface area contributed by atoms with Crippen LogP contribution in [0.15, 0.2) is 203 Å². The van der Waals surface area contributed by atoms with Gasteiger partial charge in [-0.3, -0.25) is 9.59 Å². The fourth-order valence-electron chi connectivity index (χ4n) is 9.18. The van der Waals surface area contributed by atoms with Crippen LogP contribution >= 0.6 is 22.6 Å². The first-order valence-corrected chi connectivity index (χ1v) is 28.1. The van der Waals surface area contributed by atoms with E-state index < -0.39 is 23.6 Å². The smallest absolute Gasteiger partial charge is 1.00 e. The predicted octanol–water partition coefficient (Wildman–Crippen LogP) is 12.5. The number of rotatable bonds is 16. The van der Waals surface area contributed by atoms with Crippen molar-refractivity contribution in [3.05, 3.63) is 217 Å². The summed E-state index contributed by atoms with van der Waals surface area (Å²) in [5.41, 5.74) is 8.58. The molecule has 82 heavy (non-hydrogen) atoms. The van der Waals surface area contributed by atoms with Gasteiger partial charge in [0, 0.05) is 77.7 Å². The number of carbonyl (C=O) groups is 4. The van der Waals surface area contributed by atoms with Crippen molar-refractivity contribution in [1.29, 1.82) is 0 Å². The number of alkyl halides is 1. The molecule has 10 aromatic rings. The number of nitrogens with zero attached hydrogens (tertiary/aromatic N) is 3. The Morgan fingerprint density at radius 3 is 1.34 bits per heavy atom. The first kappa shape index (κ1) is 61.5. The molecule has 0 fully saturated rings. The Balaban J connectivity index is 0.000000253. The van der Waals surface area contributed by atoms with Crippen molar-refractivity contribution in [3.63, 3.8) is 0 Å². The van der Waals surface area contributed by atoms with Crippen LogP contribution in [-0.4, -0.2) is 76.1 Å². The molecule has 16 heteroatoms. The monoisotopic (exact) mass is 1220 g/mol. The summed E-state index contributed by atoms with van der Waals surface area (Å²) >= 11 is 2.15. The van der Waals surface area contributed by atoms with Gasteiger partial charge in [0.1, 0.15) is 45.4 Å². The van der Waals surface area contributed by atoms with Crippen molar-refractivity contribution in [2.75, 3.05) is 72.4 Å². The molecule has 2 amide bonds. The number of likely N-dealkylation sites (N-methyl/N-ethyl adjacent to an activating group) is 3. The average Bonchev–Trinajstić information content (AvgIpc) is 4.18. The number of amides is 2. The number of nitrogens with one attached hydrogen (secondary N) is 1. The molecule has 414 valence electrons. The van der Waals surface area contributed by atoms with Gasteiger partial charge in [0.05, 0.1) is 37.7 Å². The molecule has 0 atom stereocenters. The number of carbonyl (C=O) groups excluding carboxylic acids is 4. The Hall–Kier alpha value is -8.09. The van der Waals surface area contributed by atoms with Gasteiger partial charge in [0.25, 0.3) is 0 Å². The molecule has 8 aromatic carbocycles. The molecule has 1 N–H and O–H groups in total. The van der Waals surface area contributed by atoms with Crippen molar-refractivity contribution in [3.8, 4) is 44.9 Å². The van der Waals surface area contributed by atoms with E-state index in [2.05, 4.69) is 27.9 Å². The summed E-state index contributed by atoms with van der Waals surface area (Å²) in [6.45, 7) is 4.11. The molecule has 10 rings (SSSR count). The maximum absolute atomic E-state index is 13.7. The SMILES string of the molecule is CCOC(=O)c1c(-c2ccc(F)cc2)oc2cc(N(C)C(=O)CN(C)c3ccccc3)c(-c3ccccc3)cc12.CCOC(=O)c1c(-c2ccc(F)cc2)oc2cc(NC(=O)CN(C)c3ccccc3)c(-c3ccccc3)cc12.CI.[H-].[Na+]. The Morgan fingerprint density at radius 1 is 0.512 bits per heavy atom. The zero-order valence-corrected chi connectivity index (χ0v) is 50.7. The number of para-hydroxylation sites is 2. The fourth-order valence-corrected chi connectivity index (χ4v) is 9.18. The standard InChI is InChI=1S/C33H29FN2O4.C32H27FN2O4.CH3I.Na.H/c1-4-39-33(38)31-27-19-26(22-11-7-5-8-12-22)28(20-29(27)40-32(31)23-15-17-24(34)18-16-23)36(3)30(37)21-35(2)25-13-9-6-10-14-25;1-3-38-32(37)30-26-18-25(21-10-6-4-7-11-21)27(34-29(36)20-35(2)24-12-8-5-9-13-24)19-28(26)39-31(30)22-14-16-23(33)17-15-22;1-2;;/h5-20H,4,21H2,1-3H3;4-19H,3,20H2,1-2H3,(H,34,36);1H3;;/q;;;+1;-1. The maximum Gasteiger partial charge on any atom is 1.00 e. The molecule has 0 bridgehead atoms. The molecule has 0 aliphatic heterocycles. The van der Waals surface area contributed by atoms with Gasteiger partial charge in [0.2, 0.25) is 11.8 Å². The predicted molar refractivity (Wildman–Crippen MR) is 329 cm³/mol. The minimum absolute atomic E-state index is 0. The molecule has 0 unspecified atom stereocenters. The summed E-state index contributed by atoms with van der Waals surface area (Å²) in [6.07, 6.45) is 0. The van der Waals surface area contributed by atoms with Gasteiger partial charge in [-0.15, -0.1) is 0 Å². The van der Waals surface area contributed by atoms with Gasteiger partial charge < -0.3 is 39.8 Å². The third-order valence-corrected chi connectivity index (χ3v) is 13.1. The minimum atomic E-state index is -0.546. The number of halogens is 3. The van der Waals surface area contributed by atoms with Crippen molar-refractivity contribution in [2.45, 2.75) is 13.8 Å². The Kier molecular flexibility index (Phi) is 21.8. The Morgan fingerprint density at radius 2 is 0.902 bits per heavy atom. The van der Waals surface area contributed by atoms with Crippen molar-refractivity contribution < 1.29 is 77.3 Å². The van der Waals surface area contributed by atoms with E-state index in [1.807, 2.05) is 162 Å².